The summed E-state index contributed by atoms with van der Waals surface area (Å²) in [6.45, 7) is 5.37. The SMILES string of the molecule is CCOC(=O)c1ccc(N2CCN(C(=O)CCCOc3cccc(Br)c3)CC2)nc1. The first-order chi connectivity index (χ1) is 14.6. The van der Waals surface area contributed by atoms with Crippen LogP contribution in [0.15, 0.2) is 47.1 Å². The van der Waals surface area contributed by atoms with E-state index in [-0.39, 0.29) is 11.9 Å². The third-order valence-electron chi connectivity index (χ3n) is 4.82. The molecule has 8 heteroatoms. The molecule has 7 nitrogen and oxygen atoms in total. The second kappa shape index (κ2) is 11.0. The van der Waals surface area contributed by atoms with Gasteiger partial charge in [0.05, 0.1) is 18.8 Å². The summed E-state index contributed by atoms with van der Waals surface area (Å²) in [5.41, 5.74) is 0.444. The van der Waals surface area contributed by atoms with Crippen molar-refractivity contribution in [2.75, 3.05) is 44.3 Å². The third-order valence-corrected chi connectivity index (χ3v) is 5.31. The molecule has 1 amide bonds. The topological polar surface area (TPSA) is 72.0 Å². The number of amides is 1. The van der Waals surface area contributed by atoms with Gasteiger partial charge in [0.2, 0.25) is 5.91 Å². The summed E-state index contributed by atoms with van der Waals surface area (Å²) in [7, 11) is 0. The number of anilines is 1. The quantitative estimate of drug-likeness (QED) is 0.429. The van der Waals surface area contributed by atoms with Gasteiger partial charge < -0.3 is 19.3 Å². The molecule has 0 spiro atoms. The lowest BCUT2D eigenvalue weighted by Gasteiger charge is -2.35. The summed E-state index contributed by atoms with van der Waals surface area (Å²) in [5, 5.41) is 0. The van der Waals surface area contributed by atoms with Crippen LogP contribution in [0.2, 0.25) is 0 Å². The number of piperazine rings is 1. The van der Waals surface area contributed by atoms with E-state index < -0.39 is 0 Å². The minimum absolute atomic E-state index is 0.151. The zero-order chi connectivity index (χ0) is 21.3. The van der Waals surface area contributed by atoms with Gasteiger partial charge in [0, 0.05) is 43.3 Å². The Labute approximate surface area is 185 Å². The van der Waals surface area contributed by atoms with Crippen molar-refractivity contribution < 1.29 is 19.1 Å². The normalized spacial score (nSPS) is 13.8. The highest BCUT2D eigenvalue weighted by molar-refractivity contribution is 9.10. The second-order valence-electron chi connectivity index (χ2n) is 6.90. The molecule has 0 atom stereocenters. The standard InChI is InChI=1S/C22H26BrN3O4/c1-2-29-22(28)17-8-9-20(24-16-17)25-10-12-26(13-11-25)21(27)7-4-14-30-19-6-3-5-18(23)15-19/h3,5-6,8-9,15-16H,2,4,7,10-14H2,1H3. The van der Waals surface area contributed by atoms with Crippen molar-refractivity contribution in [2.45, 2.75) is 19.8 Å². The number of hydrogen-bond acceptors (Lipinski definition) is 6. The fourth-order valence-corrected chi connectivity index (χ4v) is 3.60. The maximum Gasteiger partial charge on any atom is 0.339 e. The van der Waals surface area contributed by atoms with Crippen molar-refractivity contribution >= 4 is 33.6 Å². The number of halogens is 1. The predicted octanol–water partition coefficient (Wildman–Crippen LogP) is 3.53. The Morgan fingerprint density at radius 2 is 1.93 bits per heavy atom. The van der Waals surface area contributed by atoms with Crippen LogP contribution in [0.4, 0.5) is 5.82 Å². The van der Waals surface area contributed by atoms with E-state index in [1.165, 1.54) is 6.20 Å². The highest BCUT2D eigenvalue weighted by Crippen LogP contribution is 2.18. The molecular formula is C22H26BrN3O4. The maximum absolute atomic E-state index is 12.5. The van der Waals surface area contributed by atoms with Crippen molar-refractivity contribution in [2.24, 2.45) is 0 Å². The van der Waals surface area contributed by atoms with Crippen LogP contribution in [-0.4, -0.2) is 61.2 Å². The molecule has 1 aromatic heterocycles. The van der Waals surface area contributed by atoms with Crippen LogP contribution >= 0.6 is 15.9 Å². The lowest BCUT2D eigenvalue weighted by molar-refractivity contribution is -0.131. The maximum atomic E-state index is 12.5. The Morgan fingerprint density at radius 3 is 2.60 bits per heavy atom. The van der Waals surface area contributed by atoms with Crippen LogP contribution in [0.3, 0.4) is 0 Å². The van der Waals surface area contributed by atoms with Gasteiger partial charge in [-0.2, -0.15) is 0 Å². The number of aromatic nitrogens is 1. The number of hydrogen-bond donors (Lipinski definition) is 0. The molecule has 0 N–H and O–H groups in total. The van der Waals surface area contributed by atoms with Crippen LogP contribution < -0.4 is 9.64 Å². The molecule has 2 heterocycles. The zero-order valence-corrected chi connectivity index (χ0v) is 18.6. The van der Waals surface area contributed by atoms with Crippen molar-refractivity contribution in [3.63, 3.8) is 0 Å². The van der Waals surface area contributed by atoms with Gasteiger partial charge in [-0.05, 0) is 43.7 Å². The molecule has 1 aromatic carbocycles. The average molecular weight is 476 g/mol. The molecule has 30 heavy (non-hydrogen) atoms. The average Bonchev–Trinajstić information content (AvgIpc) is 2.77. The molecule has 1 aliphatic rings. The fraction of sp³-hybridized carbons (Fsp3) is 0.409. The number of nitrogens with zero attached hydrogens (tertiary/aromatic N) is 3. The monoisotopic (exact) mass is 475 g/mol. The predicted molar refractivity (Wildman–Crippen MR) is 118 cm³/mol. The van der Waals surface area contributed by atoms with E-state index in [9.17, 15) is 9.59 Å². The summed E-state index contributed by atoms with van der Waals surface area (Å²) in [6.07, 6.45) is 2.69. The first-order valence-electron chi connectivity index (χ1n) is 10.1. The minimum atomic E-state index is -0.365. The molecule has 160 valence electrons. The Kier molecular flexibility index (Phi) is 8.07. The number of carbonyl (C=O) groups is 2. The summed E-state index contributed by atoms with van der Waals surface area (Å²) in [5.74, 6) is 1.39. The minimum Gasteiger partial charge on any atom is -0.494 e. The van der Waals surface area contributed by atoms with Crippen molar-refractivity contribution in [3.8, 4) is 5.75 Å². The van der Waals surface area contributed by atoms with Crippen molar-refractivity contribution in [3.05, 3.63) is 52.6 Å². The first kappa shape index (κ1) is 22.1. The summed E-state index contributed by atoms with van der Waals surface area (Å²) in [4.78, 5) is 32.6. The van der Waals surface area contributed by atoms with Crippen LogP contribution in [0.1, 0.15) is 30.1 Å². The van der Waals surface area contributed by atoms with E-state index in [0.29, 0.717) is 57.8 Å². The molecule has 1 saturated heterocycles. The molecular weight excluding hydrogens is 450 g/mol. The lowest BCUT2D eigenvalue weighted by Crippen LogP contribution is -2.49. The van der Waals surface area contributed by atoms with E-state index in [1.54, 1.807) is 13.0 Å². The van der Waals surface area contributed by atoms with E-state index in [2.05, 4.69) is 25.8 Å². The summed E-state index contributed by atoms with van der Waals surface area (Å²) >= 11 is 3.41. The molecule has 0 radical (unpaired) electrons. The zero-order valence-electron chi connectivity index (χ0n) is 17.1. The van der Waals surface area contributed by atoms with E-state index in [0.717, 1.165) is 16.0 Å². The number of pyridine rings is 1. The second-order valence-corrected chi connectivity index (χ2v) is 7.82. The molecule has 0 bridgehead atoms. The van der Waals surface area contributed by atoms with E-state index >= 15 is 0 Å². The molecule has 0 unspecified atom stereocenters. The number of carbonyl (C=O) groups excluding carboxylic acids is 2. The smallest absolute Gasteiger partial charge is 0.339 e. The van der Waals surface area contributed by atoms with Gasteiger partial charge in [-0.15, -0.1) is 0 Å². The van der Waals surface area contributed by atoms with Gasteiger partial charge in [0.1, 0.15) is 11.6 Å². The van der Waals surface area contributed by atoms with Crippen LogP contribution in [0.5, 0.6) is 5.75 Å². The molecule has 1 fully saturated rings. The Hall–Kier alpha value is -2.61. The summed E-state index contributed by atoms with van der Waals surface area (Å²) < 4.78 is 11.6. The van der Waals surface area contributed by atoms with Crippen LogP contribution in [0, 0.1) is 0 Å². The molecule has 3 rings (SSSR count). The van der Waals surface area contributed by atoms with Gasteiger partial charge >= 0.3 is 5.97 Å². The van der Waals surface area contributed by atoms with Crippen LogP contribution in [0.25, 0.3) is 0 Å². The Balaban J connectivity index is 1.39. The highest BCUT2D eigenvalue weighted by Gasteiger charge is 2.21. The van der Waals surface area contributed by atoms with E-state index in [4.69, 9.17) is 9.47 Å². The summed E-state index contributed by atoms with van der Waals surface area (Å²) in [6, 6.07) is 11.2. The van der Waals surface area contributed by atoms with Gasteiger partial charge in [-0.3, -0.25) is 4.79 Å². The van der Waals surface area contributed by atoms with Gasteiger partial charge in [-0.1, -0.05) is 22.0 Å². The van der Waals surface area contributed by atoms with Gasteiger partial charge in [0.15, 0.2) is 0 Å². The Bertz CT molecular complexity index is 852. The number of benzene rings is 1. The largest absolute Gasteiger partial charge is 0.494 e. The highest BCUT2D eigenvalue weighted by atomic mass is 79.9. The van der Waals surface area contributed by atoms with E-state index in [1.807, 2.05) is 35.2 Å². The van der Waals surface area contributed by atoms with Gasteiger partial charge in [-0.25, -0.2) is 9.78 Å². The van der Waals surface area contributed by atoms with Crippen molar-refractivity contribution in [1.29, 1.82) is 0 Å². The third kappa shape index (κ3) is 6.19. The fourth-order valence-electron chi connectivity index (χ4n) is 3.22. The number of ether oxygens (including phenoxy) is 2. The molecule has 2 aromatic rings. The molecule has 1 aliphatic heterocycles. The molecule has 0 saturated carbocycles. The number of esters is 1. The van der Waals surface area contributed by atoms with Crippen molar-refractivity contribution in [1.82, 2.24) is 9.88 Å². The first-order valence-corrected chi connectivity index (χ1v) is 10.9. The van der Waals surface area contributed by atoms with Gasteiger partial charge in [0.25, 0.3) is 0 Å². The molecule has 0 aliphatic carbocycles. The van der Waals surface area contributed by atoms with Crippen LogP contribution in [-0.2, 0) is 9.53 Å². The number of rotatable bonds is 8. The lowest BCUT2D eigenvalue weighted by atomic mass is 10.2. The Morgan fingerprint density at radius 1 is 1.13 bits per heavy atom.